The maximum absolute atomic E-state index is 9.46. The van der Waals surface area contributed by atoms with Crippen molar-refractivity contribution in [1.29, 1.82) is 0 Å². The van der Waals surface area contributed by atoms with Crippen molar-refractivity contribution in [3.05, 3.63) is 235 Å². The molecule has 0 N–H and O–H groups in total. The number of hydrogen-bond donors (Lipinski definition) is 0. The van der Waals surface area contributed by atoms with Crippen molar-refractivity contribution in [3.8, 4) is 84.3 Å². The Bertz CT molecular complexity index is 4740. The van der Waals surface area contributed by atoms with Gasteiger partial charge < -0.3 is 4.74 Å². The number of rotatable bonds is 6. The molecular weight excluding hydrogens is 913 g/mol. The molecule has 5 heteroatoms. The Morgan fingerprint density at radius 1 is 0.533 bits per heavy atom. The monoisotopic (exact) mass is 982 g/mol. The lowest BCUT2D eigenvalue weighted by atomic mass is 9.78. The molecule has 0 saturated carbocycles. The van der Waals surface area contributed by atoms with Crippen LogP contribution in [0.4, 0.5) is 0 Å². The van der Waals surface area contributed by atoms with Crippen molar-refractivity contribution in [2.45, 2.75) is 66.1 Å². The van der Waals surface area contributed by atoms with Gasteiger partial charge in [0.2, 0.25) is 0 Å². The average molecular weight is 982 g/mol. The summed E-state index contributed by atoms with van der Waals surface area (Å²) < 4.78 is 112. The van der Waals surface area contributed by atoms with E-state index in [-0.39, 0.29) is 27.7 Å². The molecule has 4 heterocycles. The summed E-state index contributed by atoms with van der Waals surface area (Å²) in [5, 5.41) is 2.14. The van der Waals surface area contributed by atoms with Gasteiger partial charge in [0.25, 0.3) is 6.33 Å². The molecule has 0 unspecified atom stereocenters. The van der Waals surface area contributed by atoms with Crippen LogP contribution in [0.2, 0.25) is 0 Å². The Hall–Kier alpha value is -8.80. The van der Waals surface area contributed by atoms with E-state index in [0.717, 1.165) is 60.9 Å². The van der Waals surface area contributed by atoms with Crippen LogP contribution in [-0.4, -0.2) is 14.1 Å². The Kier molecular flexibility index (Phi) is 8.22. The van der Waals surface area contributed by atoms with Crippen molar-refractivity contribution in [1.82, 2.24) is 14.1 Å². The zero-order valence-electron chi connectivity index (χ0n) is 53.4. The van der Waals surface area contributed by atoms with Crippen molar-refractivity contribution < 1.29 is 24.4 Å². The minimum absolute atomic E-state index is 0.0313. The fourth-order valence-electron chi connectivity index (χ4n) is 11.1. The zero-order valence-corrected chi connectivity index (χ0v) is 42.4. The molecule has 0 aliphatic carbocycles. The topological polar surface area (TPSA) is 35.9 Å². The summed E-state index contributed by atoms with van der Waals surface area (Å²) in [6.07, 6.45) is 5.68. The van der Waals surface area contributed by atoms with Gasteiger partial charge in [-0.1, -0.05) is 181 Å². The molecule has 0 amide bonds. The van der Waals surface area contributed by atoms with E-state index < -0.39 is 49.3 Å². The van der Waals surface area contributed by atoms with Gasteiger partial charge in [-0.2, -0.15) is 0 Å². The number of nitrogens with zero attached hydrogens (tertiary/aromatic N) is 4. The van der Waals surface area contributed by atoms with Gasteiger partial charge >= 0.3 is 0 Å². The van der Waals surface area contributed by atoms with Gasteiger partial charge in [-0.05, 0) is 157 Å². The summed E-state index contributed by atoms with van der Waals surface area (Å²) in [4.78, 5) is 4.89. The summed E-state index contributed by atoms with van der Waals surface area (Å²) in [6, 6.07) is 51.6. The second kappa shape index (κ2) is 17.4. The second-order valence-electron chi connectivity index (χ2n) is 21.4. The Balaban J connectivity index is 1.09. The van der Waals surface area contributed by atoms with E-state index in [2.05, 4.69) is 68.1 Å². The van der Waals surface area contributed by atoms with Gasteiger partial charge in [-0.25, -0.2) is 4.98 Å². The number of fused-ring (bicyclic) bond motifs is 10. The number of aryl methyl sites for hydroxylation is 2. The summed E-state index contributed by atoms with van der Waals surface area (Å²) >= 11 is 0. The molecule has 9 aromatic carbocycles. The van der Waals surface area contributed by atoms with Crippen molar-refractivity contribution >= 4 is 32.8 Å². The molecule has 1 aliphatic rings. The minimum Gasteiger partial charge on any atom is -0.458 e. The van der Waals surface area contributed by atoms with Crippen LogP contribution in [0.5, 0.6) is 11.5 Å². The molecule has 364 valence electrons. The molecule has 0 saturated heterocycles. The van der Waals surface area contributed by atoms with Gasteiger partial charge in [0.1, 0.15) is 17.3 Å². The molecule has 0 atom stereocenters. The van der Waals surface area contributed by atoms with E-state index in [1.54, 1.807) is 6.07 Å². The summed E-state index contributed by atoms with van der Waals surface area (Å²) in [5.74, 6) is 1.96. The third-order valence-electron chi connectivity index (χ3n) is 14.6. The largest absolute Gasteiger partial charge is 0.458 e. The number of ether oxygens (including phenoxy) is 1. The van der Waals surface area contributed by atoms with E-state index in [9.17, 15) is 2.74 Å². The highest BCUT2D eigenvalue weighted by atomic mass is 16.5. The third-order valence-corrected chi connectivity index (χ3v) is 14.6. The number of pyridine rings is 1. The molecule has 13 rings (SSSR count). The van der Waals surface area contributed by atoms with Crippen molar-refractivity contribution in [2.24, 2.45) is 0 Å². The smallest absolute Gasteiger partial charge is 0.269 e. The second-order valence-corrected chi connectivity index (χ2v) is 21.4. The molecule has 0 bridgehead atoms. The van der Waals surface area contributed by atoms with Gasteiger partial charge in [0.15, 0.2) is 0 Å². The lowest BCUT2D eigenvalue weighted by Crippen LogP contribution is -2.35. The van der Waals surface area contributed by atoms with Gasteiger partial charge in [0, 0.05) is 31.3 Å². The Morgan fingerprint density at radius 3 is 1.99 bits per heavy atom. The molecule has 1 aliphatic heterocycles. The fourth-order valence-corrected chi connectivity index (χ4v) is 11.1. The first kappa shape index (κ1) is 35.4. The lowest BCUT2D eigenvalue weighted by Gasteiger charge is -2.29. The van der Waals surface area contributed by atoms with E-state index in [0.29, 0.717) is 56.3 Å². The van der Waals surface area contributed by atoms with Crippen LogP contribution in [0.25, 0.3) is 106 Å². The van der Waals surface area contributed by atoms with E-state index in [1.807, 2.05) is 145 Å². The molecule has 75 heavy (non-hydrogen) atoms. The Morgan fingerprint density at radius 2 is 1.20 bits per heavy atom. The van der Waals surface area contributed by atoms with Crippen LogP contribution in [0.3, 0.4) is 0 Å². The van der Waals surface area contributed by atoms with Gasteiger partial charge in [0.05, 0.1) is 40.3 Å². The first-order valence-corrected chi connectivity index (χ1v) is 25.2. The summed E-state index contributed by atoms with van der Waals surface area (Å²) in [7, 11) is 0. The summed E-state index contributed by atoms with van der Waals surface area (Å²) in [6.45, 7) is 7.19. The number of imidazole rings is 1. The highest BCUT2D eigenvalue weighted by Crippen LogP contribution is 2.50. The number of benzene rings is 9. The first-order chi connectivity index (χ1) is 40.8. The SMILES string of the molecule is [2H]c1c([2H])c([2H])c(-c2cccc3c2-c2cc(-c4c(C([2H])([2H])[2H])cccc4C([2H])([2H])[2H])cc(C(C)(C)C)c2-[n+]2[c-]n(-c4cccc(Oc5ccc6c7ccccc7n(-c7cc(C(C)(C)C)ccn7)c6c5)c4)c4cccc(c42)-c2ccccc2-3)c([2H])c1[2H]. The van der Waals surface area contributed by atoms with Gasteiger partial charge in [-0.15, -0.1) is 0 Å². The van der Waals surface area contributed by atoms with Crippen molar-refractivity contribution in [2.75, 3.05) is 0 Å². The van der Waals surface area contributed by atoms with E-state index in [1.165, 1.54) is 18.2 Å². The number of hydrogen-bond acceptors (Lipinski definition) is 2. The molecule has 0 fully saturated rings. The highest BCUT2D eigenvalue weighted by molar-refractivity contribution is 6.10. The van der Waals surface area contributed by atoms with Crippen LogP contribution >= 0.6 is 0 Å². The third kappa shape index (κ3) is 7.68. The molecule has 5 nitrogen and oxygen atoms in total. The van der Waals surface area contributed by atoms with Crippen LogP contribution in [0.1, 0.15) is 78.9 Å². The van der Waals surface area contributed by atoms with E-state index in [4.69, 9.17) is 22.1 Å². The van der Waals surface area contributed by atoms with Gasteiger partial charge in [-0.3, -0.25) is 13.7 Å². The highest BCUT2D eigenvalue weighted by Gasteiger charge is 2.32. The molecular formula is C70H58N4O. The lowest BCUT2D eigenvalue weighted by molar-refractivity contribution is -0.572. The fraction of sp³-hybridized carbons (Fsp3) is 0.143. The molecule has 12 aromatic rings. The minimum atomic E-state index is -2.75. The standard InChI is InChI=1S/C70H58N4O/c1-44-20-16-21-45(2)65(44)47-38-59-66-52(46-22-10-9-11-23-46)29-18-30-57(66)53-26-12-13-27-54(53)58-31-19-33-62-68(58)73(67(59)60(39-47)70(6,7)8)43-72(62)49-24-17-25-50(41-49)75-51-34-35-56-55-28-14-15-32-61(55)74(63(56)42-51)64-40-48(36-37-71-64)69(3,4)5/h9-42H,1-8H3/i1D3,2D3,9D,10D,11D,22D,23D. The van der Waals surface area contributed by atoms with Crippen LogP contribution < -0.4 is 9.30 Å². The summed E-state index contributed by atoms with van der Waals surface area (Å²) in [5.41, 5.74) is 10.0. The van der Waals surface area contributed by atoms with Crippen LogP contribution in [0.15, 0.2) is 206 Å². The molecule has 0 spiro atoms. The normalized spacial score (nSPS) is 14.7. The van der Waals surface area contributed by atoms with Crippen LogP contribution in [0, 0.1) is 20.0 Å². The predicted octanol–water partition coefficient (Wildman–Crippen LogP) is 17.9. The first-order valence-electron chi connectivity index (χ1n) is 30.7. The maximum Gasteiger partial charge on any atom is 0.269 e. The maximum atomic E-state index is 9.46. The van der Waals surface area contributed by atoms with Crippen molar-refractivity contribution in [3.63, 3.8) is 0 Å². The van der Waals surface area contributed by atoms with Crippen LogP contribution in [-0.2, 0) is 10.8 Å². The zero-order chi connectivity index (χ0) is 60.7. The Labute approximate surface area is 455 Å². The molecule has 3 aromatic heterocycles. The number of aromatic nitrogens is 4. The van der Waals surface area contributed by atoms with E-state index >= 15 is 0 Å². The number of para-hydroxylation sites is 2. The average Bonchev–Trinajstić information content (AvgIpc) is 1.46. The quantitative estimate of drug-likeness (QED) is 0.123. The predicted molar refractivity (Wildman–Crippen MR) is 310 cm³/mol. The molecule has 0 radical (unpaired) electrons.